The van der Waals surface area contributed by atoms with Gasteiger partial charge in [0, 0.05) is 48.8 Å². The number of likely N-dealkylation sites (tertiary alicyclic amines) is 1. The van der Waals surface area contributed by atoms with Gasteiger partial charge in [-0.2, -0.15) is 4.98 Å². The fourth-order valence-electron chi connectivity index (χ4n) is 7.01. The summed E-state index contributed by atoms with van der Waals surface area (Å²) < 4.78 is 19.2. The zero-order valence-corrected chi connectivity index (χ0v) is 26.9. The summed E-state index contributed by atoms with van der Waals surface area (Å²) in [6.07, 6.45) is 6.97. The molecule has 3 aromatic rings. The van der Waals surface area contributed by atoms with Crippen LogP contribution < -0.4 is 25.6 Å². The maximum atomic E-state index is 12.8. The van der Waals surface area contributed by atoms with Crippen molar-refractivity contribution in [3.8, 4) is 5.75 Å². The van der Waals surface area contributed by atoms with Crippen molar-refractivity contribution in [3.63, 3.8) is 0 Å². The Hall–Kier alpha value is -2.84. The highest BCUT2D eigenvalue weighted by atomic mass is 35.5. The Kier molecular flexibility index (Phi) is 7.79. The molecule has 3 fully saturated rings. The molecule has 1 atom stereocenters. The van der Waals surface area contributed by atoms with Crippen LogP contribution in [0.25, 0.3) is 0 Å². The maximum absolute atomic E-state index is 12.8. The van der Waals surface area contributed by atoms with E-state index in [2.05, 4.69) is 48.3 Å². The monoisotopic (exact) mass is 621 g/mol. The van der Waals surface area contributed by atoms with Crippen molar-refractivity contribution in [2.75, 3.05) is 68.2 Å². The molecule has 4 aliphatic rings. The Labute approximate surface area is 259 Å². The molecule has 228 valence electrons. The van der Waals surface area contributed by atoms with Gasteiger partial charge in [-0.25, -0.2) is 4.98 Å². The van der Waals surface area contributed by atoms with Crippen molar-refractivity contribution in [2.24, 2.45) is 0 Å². The third-order valence-electron chi connectivity index (χ3n) is 9.31. The highest BCUT2D eigenvalue weighted by Gasteiger charge is 2.38. The Morgan fingerprint density at radius 3 is 2.49 bits per heavy atom. The van der Waals surface area contributed by atoms with Gasteiger partial charge in [-0.05, 0) is 82.8 Å². The number of aryl methyl sites for hydroxylation is 1. The molecule has 2 N–H and O–H groups in total. The highest BCUT2D eigenvalue weighted by Crippen LogP contribution is 2.42. The molecule has 7 rings (SSSR count). The number of aromatic nitrogens is 2. The van der Waals surface area contributed by atoms with Gasteiger partial charge >= 0.3 is 0 Å². The van der Waals surface area contributed by atoms with Crippen molar-refractivity contribution in [1.82, 2.24) is 19.8 Å². The van der Waals surface area contributed by atoms with Crippen LogP contribution in [0.5, 0.6) is 5.75 Å². The molecule has 1 aliphatic carbocycles. The summed E-state index contributed by atoms with van der Waals surface area (Å²) in [6.45, 7) is 12.1. The minimum atomic E-state index is -2.50. The smallest absolute Gasteiger partial charge is 0.229 e. The van der Waals surface area contributed by atoms with Crippen molar-refractivity contribution in [3.05, 3.63) is 53.2 Å². The lowest BCUT2D eigenvalue weighted by molar-refractivity contribution is 0.0768. The van der Waals surface area contributed by atoms with Crippen LogP contribution in [0.2, 0.25) is 5.02 Å². The van der Waals surface area contributed by atoms with Crippen molar-refractivity contribution < 1.29 is 9.30 Å². The molecule has 3 aliphatic heterocycles. The first-order valence-corrected chi connectivity index (χ1v) is 18.4. The summed E-state index contributed by atoms with van der Waals surface area (Å²) in [5, 5.41) is 7.74. The van der Waals surface area contributed by atoms with Gasteiger partial charge in [0.25, 0.3) is 0 Å². The first kappa shape index (κ1) is 28.9. The molecule has 2 saturated heterocycles. The molecule has 11 heteroatoms. The van der Waals surface area contributed by atoms with E-state index in [1.54, 1.807) is 19.5 Å². The van der Waals surface area contributed by atoms with E-state index in [1.165, 1.54) is 50.0 Å². The van der Waals surface area contributed by atoms with Gasteiger partial charge < -0.3 is 29.7 Å². The molecule has 4 heterocycles. The van der Waals surface area contributed by atoms with E-state index in [1.807, 2.05) is 30.3 Å². The summed E-state index contributed by atoms with van der Waals surface area (Å²) in [4.78, 5) is 17.1. The van der Waals surface area contributed by atoms with Crippen LogP contribution in [0.15, 0.2) is 42.6 Å². The molecule has 0 spiro atoms. The van der Waals surface area contributed by atoms with Gasteiger partial charge in [0.05, 0.1) is 23.6 Å². The topological polar surface area (TPSA) is 85.9 Å². The van der Waals surface area contributed by atoms with Crippen LogP contribution in [0.1, 0.15) is 31.2 Å². The molecule has 2 aromatic carbocycles. The van der Waals surface area contributed by atoms with E-state index in [-0.39, 0.29) is 0 Å². The van der Waals surface area contributed by atoms with Gasteiger partial charge in [0.2, 0.25) is 5.95 Å². The molecule has 0 bridgehead atoms. The number of anilines is 5. The predicted octanol–water partition coefficient (Wildman–Crippen LogP) is 5.68. The van der Waals surface area contributed by atoms with Crippen LogP contribution in [0.4, 0.5) is 28.8 Å². The Balaban J connectivity index is 1.04. The number of benzene rings is 2. The molecule has 0 radical (unpaired) electrons. The average molecular weight is 622 g/mol. The molecule has 9 nitrogen and oxygen atoms in total. The SMILES string of the molecule is Cc1cc(Nc2ncc(Cl)c(Nc3ccccc3P(C)(C)=O)n2)cc2c1N1CCN(C3CCN(C4CC4)CC3)C[C@@H]1CO2. The second-order valence-corrected chi connectivity index (χ2v) is 16.4. The van der Waals surface area contributed by atoms with Crippen LogP contribution >= 0.6 is 18.7 Å². The summed E-state index contributed by atoms with van der Waals surface area (Å²) >= 11 is 6.47. The number of nitrogens with zero attached hydrogens (tertiary/aromatic N) is 5. The molecular weight excluding hydrogens is 581 g/mol. The predicted molar refractivity (Wildman–Crippen MR) is 176 cm³/mol. The second kappa shape index (κ2) is 11.6. The summed E-state index contributed by atoms with van der Waals surface area (Å²) in [5.74, 6) is 1.76. The molecule has 43 heavy (non-hydrogen) atoms. The van der Waals surface area contributed by atoms with Gasteiger partial charge in [0.1, 0.15) is 24.5 Å². The number of para-hydroxylation sites is 1. The third-order valence-corrected chi connectivity index (χ3v) is 11.1. The fraction of sp³-hybridized carbons (Fsp3) is 0.500. The second-order valence-electron chi connectivity index (χ2n) is 12.8. The number of nitrogens with one attached hydrogen (secondary N) is 2. The quantitative estimate of drug-likeness (QED) is 0.324. The van der Waals surface area contributed by atoms with E-state index in [0.29, 0.717) is 35.5 Å². The maximum Gasteiger partial charge on any atom is 0.229 e. The van der Waals surface area contributed by atoms with Gasteiger partial charge in [-0.15, -0.1) is 0 Å². The Morgan fingerprint density at radius 1 is 0.953 bits per heavy atom. The highest BCUT2D eigenvalue weighted by molar-refractivity contribution is 7.70. The lowest BCUT2D eigenvalue weighted by Crippen LogP contribution is -2.60. The van der Waals surface area contributed by atoms with Crippen molar-refractivity contribution in [1.29, 1.82) is 0 Å². The lowest BCUT2D eigenvalue weighted by atomic mass is 9.99. The number of fused-ring (bicyclic) bond motifs is 3. The first-order chi connectivity index (χ1) is 20.7. The Bertz CT molecular complexity index is 1550. The van der Waals surface area contributed by atoms with Gasteiger partial charge in [-0.3, -0.25) is 4.90 Å². The minimum Gasteiger partial charge on any atom is -0.489 e. The molecule has 0 amide bonds. The van der Waals surface area contributed by atoms with Crippen LogP contribution in [-0.2, 0) is 4.57 Å². The van der Waals surface area contributed by atoms with Crippen LogP contribution in [-0.4, -0.2) is 90.6 Å². The number of rotatable bonds is 7. The molecule has 1 aromatic heterocycles. The van der Waals surface area contributed by atoms with Gasteiger partial charge in [0.15, 0.2) is 5.82 Å². The zero-order chi connectivity index (χ0) is 29.7. The number of ether oxygens (including phenoxy) is 1. The van der Waals surface area contributed by atoms with Crippen molar-refractivity contribution in [2.45, 2.75) is 50.7 Å². The normalized spacial score (nSPS) is 21.6. The zero-order valence-electron chi connectivity index (χ0n) is 25.2. The number of piperazine rings is 1. The van der Waals surface area contributed by atoms with Crippen LogP contribution in [0.3, 0.4) is 0 Å². The van der Waals surface area contributed by atoms with E-state index in [4.69, 9.17) is 16.3 Å². The van der Waals surface area contributed by atoms with E-state index in [9.17, 15) is 4.57 Å². The van der Waals surface area contributed by atoms with E-state index in [0.717, 1.165) is 48.1 Å². The lowest BCUT2D eigenvalue weighted by Gasteiger charge is -2.49. The largest absolute Gasteiger partial charge is 0.489 e. The van der Waals surface area contributed by atoms with Crippen molar-refractivity contribution >= 4 is 52.9 Å². The molecular formula is C32H41ClN7O2P. The summed E-state index contributed by atoms with van der Waals surface area (Å²) in [6, 6.07) is 13.7. The number of piperidine rings is 1. The number of hydrogen-bond acceptors (Lipinski definition) is 9. The Morgan fingerprint density at radius 2 is 1.72 bits per heavy atom. The number of hydrogen-bond donors (Lipinski definition) is 2. The first-order valence-electron chi connectivity index (χ1n) is 15.5. The standard InChI is InChI=1S/C32H41ClN7O2P/c1-21-16-22(35-32-34-18-26(33)31(37-32)36-27-6-4-5-7-29(27)43(2,3)41)17-28-30(21)40-15-14-39(19-25(40)20-42-28)24-10-12-38(13-11-24)23-8-9-23/h4-7,16-18,23-25H,8-15,19-20H2,1-3H3,(H2,34,35,36,37)/t25-/m1/s1. The molecule has 1 saturated carbocycles. The van der Waals surface area contributed by atoms with Gasteiger partial charge in [-0.1, -0.05) is 23.7 Å². The summed E-state index contributed by atoms with van der Waals surface area (Å²) in [5.41, 5.74) is 3.94. The minimum absolute atomic E-state index is 0.373. The van der Waals surface area contributed by atoms with Crippen LogP contribution in [0, 0.1) is 6.92 Å². The summed E-state index contributed by atoms with van der Waals surface area (Å²) in [7, 11) is -2.50. The fourth-order valence-corrected chi connectivity index (χ4v) is 8.30. The van der Waals surface area contributed by atoms with E-state index >= 15 is 0 Å². The van der Waals surface area contributed by atoms with E-state index < -0.39 is 7.14 Å². The number of halogens is 1. The third kappa shape index (κ3) is 6.10. The molecule has 0 unspecified atom stereocenters. The average Bonchev–Trinajstić information content (AvgIpc) is 3.84.